The van der Waals surface area contributed by atoms with Crippen LogP contribution in [0.15, 0.2) is 0 Å². The van der Waals surface area contributed by atoms with Crippen LogP contribution in [0.3, 0.4) is 0 Å². The van der Waals surface area contributed by atoms with Gasteiger partial charge >= 0.3 is 0 Å². The average Bonchev–Trinajstić information content (AvgIpc) is 2.47. The molecule has 2 aliphatic heterocycles. The van der Waals surface area contributed by atoms with E-state index in [9.17, 15) is 0 Å². The first-order valence-electron chi connectivity index (χ1n) is 8.76. The molecule has 0 bridgehead atoms. The minimum atomic E-state index is 1.03. The highest BCUT2D eigenvalue weighted by atomic mass is 15.2. The van der Waals surface area contributed by atoms with E-state index in [1.54, 1.807) is 0 Å². The highest BCUT2D eigenvalue weighted by Crippen LogP contribution is 2.28. The van der Waals surface area contributed by atoms with Gasteiger partial charge in [0.05, 0.1) is 0 Å². The highest BCUT2D eigenvalue weighted by molar-refractivity contribution is 4.82. The summed E-state index contributed by atoms with van der Waals surface area (Å²) in [6, 6.07) is 0. The number of rotatable bonds is 4. The van der Waals surface area contributed by atoms with E-state index in [0.717, 1.165) is 11.8 Å². The van der Waals surface area contributed by atoms with E-state index in [1.807, 2.05) is 27.7 Å². The molecule has 2 rings (SSSR count). The van der Waals surface area contributed by atoms with Crippen molar-refractivity contribution in [2.45, 2.75) is 60.8 Å². The lowest BCUT2D eigenvalue weighted by Crippen LogP contribution is -2.47. The van der Waals surface area contributed by atoms with Crippen LogP contribution in [0.1, 0.15) is 60.8 Å². The number of hydrogen-bond acceptors (Lipinski definition) is 2. The molecule has 0 atom stereocenters. The largest absolute Gasteiger partial charge is 0.304 e. The summed E-state index contributed by atoms with van der Waals surface area (Å²) in [5, 5.41) is 0. The van der Waals surface area contributed by atoms with Gasteiger partial charge in [0, 0.05) is 13.1 Å². The second kappa shape index (κ2) is 11.7. The summed E-state index contributed by atoms with van der Waals surface area (Å²) >= 11 is 0. The molecule has 0 amide bonds. The van der Waals surface area contributed by atoms with Crippen LogP contribution in [0.2, 0.25) is 0 Å². The van der Waals surface area contributed by atoms with Gasteiger partial charge in [-0.1, -0.05) is 41.5 Å². The molecule has 0 aliphatic carbocycles. The monoisotopic (exact) mass is 270 g/mol. The summed E-state index contributed by atoms with van der Waals surface area (Å²) in [7, 11) is 0. The minimum Gasteiger partial charge on any atom is -0.304 e. The van der Waals surface area contributed by atoms with Gasteiger partial charge in [0.25, 0.3) is 0 Å². The van der Waals surface area contributed by atoms with Gasteiger partial charge in [-0.15, -0.1) is 0 Å². The lowest BCUT2D eigenvalue weighted by molar-refractivity contribution is 0.0728. The Morgan fingerprint density at radius 2 is 1.21 bits per heavy atom. The molecule has 2 nitrogen and oxygen atoms in total. The number of likely N-dealkylation sites (tertiary alicyclic amines) is 2. The van der Waals surface area contributed by atoms with Crippen LogP contribution in [0.5, 0.6) is 0 Å². The molecular weight excluding hydrogens is 232 g/mol. The second-order valence-electron chi connectivity index (χ2n) is 5.33. The van der Waals surface area contributed by atoms with Gasteiger partial charge in [0.1, 0.15) is 0 Å². The summed E-state index contributed by atoms with van der Waals surface area (Å²) in [4.78, 5) is 5.15. The summed E-state index contributed by atoms with van der Waals surface area (Å²) in [5.74, 6) is 2.07. The Morgan fingerprint density at radius 3 is 1.63 bits per heavy atom. The molecule has 0 aromatic heterocycles. The van der Waals surface area contributed by atoms with Crippen molar-refractivity contribution in [2.75, 3.05) is 39.3 Å². The molecule has 0 saturated carbocycles. The van der Waals surface area contributed by atoms with Crippen LogP contribution in [-0.4, -0.2) is 49.1 Å². The summed E-state index contributed by atoms with van der Waals surface area (Å²) in [6.07, 6.45) is 4.42. The van der Waals surface area contributed by atoms with Crippen LogP contribution in [0.25, 0.3) is 0 Å². The normalized spacial score (nSPS) is 21.8. The molecule has 2 fully saturated rings. The van der Waals surface area contributed by atoms with E-state index in [-0.39, 0.29) is 0 Å². The minimum absolute atomic E-state index is 1.03. The standard InChI is InChI=1S/C13H26N2.2C2H6/c1-3-14-7-5-12(6-8-14)9-13-10-15(4-2)11-13;2*1-2/h12-13H,3-11H2,1-2H3;2*1-2H3. The molecule has 116 valence electrons. The fourth-order valence-corrected chi connectivity index (χ4v) is 3.09. The lowest BCUT2D eigenvalue weighted by Gasteiger charge is -2.41. The maximum atomic E-state index is 2.59. The maximum absolute atomic E-state index is 2.59. The van der Waals surface area contributed by atoms with Crippen molar-refractivity contribution in [1.82, 2.24) is 9.80 Å². The van der Waals surface area contributed by atoms with Crippen LogP contribution >= 0.6 is 0 Å². The third kappa shape index (κ3) is 6.76. The number of nitrogens with zero attached hydrogens (tertiary/aromatic N) is 2. The van der Waals surface area contributed by atoms with Gasteiger partial charge in [0.2, 0.25) is 0 Å². The maximum Gasteiger partial charge on any atom is 0.00220 e. The molecule has 0 N–H and O–H groups in total. The van der Waals surface area contributed by atoms with Crippen LogP contribution in [0.4, 0.5) is 0 Å². The molecule has 2 aliphatic rings. The van der Waals surface area contributed by atoms with Gasteiger partial charge in [-0.3, -0.25) is 0 Å². The first-order chi connectivity index (χ1) is 9.31. The van der Waals surface area contributed by atoms with E-state index in [0.29, 0.717) is 0 Å². The van der Waals surface area contributed by atoms with E-state index in [2.05, 4.69) is 23.6 Å². The zero-order valence-corrected chi connectivity index (χ0v) is 14.4. The zero-order valence-electron chi connectivity index (χ0n) is 14.4. The van der Waals surface area contributed by atoms with Crippen molar-refractivity contribution in [2.24, 2.45) is 11.8 Å². The summed E-state index contributed by atoms with van der Waals surface area (Å²) in [6.45, 7) is 20.5. The molecule has 0 spiro atoms. The highest BCUT2D eigenvalue weighted by Gasteiger charge is 2.29. The third-order valence-corrected chi connectivity index (χ3v) is 4.30. The van der Waals surface area contributed by atoms with Gasteiger partial charge < -0.3 is 9.80 Å². The molecule has 0 radical (unpaired) electrons. The predicted octanol–water partition coefficient (Wildman–Crippen LogP) is 4.11. The summed E-state index contributed by atoms with van der Waals surface area (Å²) in [5.41, 5.74) is 0. The van der Waals surface area contributed by atoms with Gasteiger partial charge in [0.15, 0.2) is 0 Å². The SMILES string of the molecule is CC.CC.CCN1CCC(CC2CN(CC)C2)CC1. The van der Waals surface area contributed by atoms with Crippen molar-refractivity contribution in [3.05, 3.63) is 0 Å². The fourth-order valence-electron chi connectivity index (χ4n) is 3.09. The van der Waals surface area contributed by atoms with Gasteiger partial charge in [-0.2, -0.15) is 0 Å². The molecule has 0 unspecified atom stereocenters. The Balaban J connectivity index is 0.000000741. The molecule has 2 saturated heterocycles. The van der Waals surface area contributed by atoms with Crippen LogP contribution in [-0.2, 0) is 0 Å². The summed E-state index contributed by atoms with van der Waals surface area (Å²) < 4.78 is 0. The van der Waals surface area contributed by atoms with E-state index in [4.69, 9.17) is 0 Å². The van der Waals surface area contributed by atoms with Crippen molar-refractivity contribution in [3.8, 4) is 0 Å². The molecule has 19 heavy (non-hydrogen) atoms. The number of hydrogen-bond donors (Lipinski definition) is 0. The Kier molecular flexibility index (Phi) is 11.7. The Morgan fingerprint density at radius 1 is 0.737 bits per heavy atom. The predicted molar refractivity (Wildman–Crippen MR) is 87.8 cm³/mol. The Labute approximate surface area is 122 Å². The van der Waals surface area contributed by atoms with E-state index >= 15 is 0 Å². The fraction of sp³-hybridized carbons (Fsp3) is 1.00. The van der Waals surface area contributed by atoms with Crippen molar-refractivity contribution >= 4 is 0 Å². The lowest BCUT2D eigenvalue weighted by atomic mass is 9.84. The smallest absolute Gasteiger partial charge is 0.00220 e. The quantitative estimate of drug-likeness (QED) is 0.758. The van der Waals surface area contributed by atoms with Crippen molar-refractivity contribution < 1.29 is 0 Å². The topological polar surface area (TPSA) is 6.48 Å². The van der Waals surface area contributed by atoms with E-state index < -0.39 is 0 Å². The first kappa shape index (κ1) is 18.9. The molecule has 0 aromatic rings. The first-order valence-corrected chi connectivity index (χ1v) is 8.76. The van der Waals surface area contributed by atoms with Gasteiger partial charge in [-0.25, -0.2) is 0 Å². The Hall–Kier alpha value is -0.0800. The third-order valence-electron chi connectivity index (χ3n) is 4.30. The molecule has 2 heteroatoms. The molecule has 2 heterocycles. The number of piperidine rings is 1. The molecular formula is C17H38N2. The van der Waals surface area contributed by atoms with Crippen LogP contribution in [0, 0.1) is 11.8 Å². The van der Waals surface area contributed by atoms with Gasteiger partial charge in [-0.05, 0) is 57.3 Å². The van der Waals surface area contributed by atoms with E-state index in [1.165, 1.54) is 58.5 Å². The van der Waals surface area contributed by atoms with Crippen molar-refractivity contribution in [3.63, 3.8) is 0 Å². The zero-order chi connectivity index (χ0) is 14.7. The Bertz CT molecular complexity index is 180. The average molecular weight is 271 g/mol. The van der Waals surface area contributed by atoms with Crippen molar-refractivity contribution in [1.29, 1.82) is 0 Å². The van der Waals surface area contributed by atoms with Crippen LogP contribution < -0.4 is 0 Å². The molecule has 0 aromatic carbocycles. The second-order valence-corrected chi connectivity index (χ2v) is 5.33.